The van der Waals surface area contributed by atoms with Gasteiger partial charge in [0, 0.05) is 13.0 Å². The van der Waals surface area contributed by atoms with Gasteiger partial charge in [0.1, 0.15) is 12.4 Å². The highest BCUT2D eigenvalue weighted by Crippen LogP contribution is 2.19. The maximum atomic E-state index is 13.1. The highest BCUT2D eigenvalue weighted by molar-refractivity contribution is 5.76. The standard InChI is InChI=1S/C14H18FNO4/c1-10(11-3-2-4-12(15)8-11)7-13(17)16-5-6-20-9-14(18)19/h2-4,8,10H,5-7,9H2,1H3,(H,16,17)(H,18,19). The number of carbonyl (C=O) groups is 2. The highest BCUT2D eigenvalue weighted by atomic mass is 19.1. The van der Waals surface area contributed by atoms with Crippen molar-refractivity contribution in [3.63, 3.8) is 0 Å². The van der Waals surface area contributed by atoms with Crippen molar-refractivity contribution in [1.29, 1.82) is 0 Å². The van der Waals surface area contributed by atoms with Gasteiger partial charge < -0.3 is 15.2 Å². The van der Waals surface area contributed by atoms with Gasteiger partial charge in [0.25, 0.3) is 0 Å². The molecule has 1 aromatic rings. The molecule has 6 heteroatoms. The third-order valence-corrected chi connectivity index (χ3v) is 2.70. The van der Waals surface area contributed by atoms with E-state index in [4.69, 9.17) is 9.84 Å². The molecule has 1 rings (SSSR count). The Morgan fingerprint density at radius 2 is 2.20 bits per heavy atom. The minimum atomic E-state index is -1.05. The van der Waals surface area contributed by atoms with Crippen molar-refractivity contribution in [3.05, 3.63) is 35.6 Å². The third kappa shape index (κ3) is 6.29. The lowest BCUT2D eigenvalue weighted by Gasteiger charge is -2.12. The number of ether oxygens (including phenoxy) is 1. The Balaban J connectivity index is 2.26. The van der Waals surface area contributed by atoms with Crippen LogP contribution in [0.2, 0.25) is 0 Å². The summed E-state index contributed by atoms with van der Waals surface area (Å²) in [6.45, 7) is 1.86. The van der Waals surface area contributed by atoms with Gasteiger partial charge in [0.05, 0.1) is 6.61 Å². The van der Waals surface area contributed by atoms with Crippen LogP contribution in [-0.4, -0.2) is 36.7 Å². The topological polar surface area (TPSA) is 75.6 Å². The number of aliphatic carboxylic acids is 1. The number of rotatable bonds is 8. The lowest BCUT2D eigenvalue weighted by molar-refractivity contribution is -0.142. The summed E-state index contributed by atoms with van der Waals surface area (Å²) in [6.07, 6.45) is 0.238. The third-order valence-electron chi connectivity index (χ3n) is 2.70. The van der Waals surface area contributed by atoms with Crippen LogP contribution in [0.1, 0.15) is 24.8 Å². The monoisotopic (exact) mass is 283 g/mol. The van der Waals surface area contributed by atoms with Crippen LogP contribution >= 0.6 is 0 Å². The summed E-state index contributed by atoms with van der Waals surface area (Å²) in [7, 11) is 0. The molecule has 1 aromatic carbocycles. The number of nitrogens with one attached hydrogen (secondary N) is 1. The summed E-state index contributed by atoms with van der Waals surface area (Å²) in [5, 5.41) is 11.0. The SMILES string of the molecule is CC(CC(=O)NCCOCC(=O)O)c1cccc(F)c1. The lowest BCUT2D eigenvalue weighted by atomic mass is 9.97. The quantitative estimate of drug-likeness (QED) is 0.710. The van der Waals surface area contributed by atoms with Crippen LogP contribution < -0.4 is 5.32 Å². The van der Waals surface area contributed by atoms with Gasteiger partial charge in [0.2, 0.25) is 5.91 Å². The van der Waals surface area contributed by atoms with Crippen molar-refractivity contribution in [1.82, 2.24) is 5.32 Å². The molecule has 0 fully saturated rings. The number of carbonyl (C=O) groups excluding carboxylic acids is 1. The molecule has 5 nitrogen and oxygen atoms in total. The molecule has 110 valence electrons. The van der Waals surface area contributed by atoms with E-state index in [9.17, 15) is 14.0 Å². The van der Waals surface area contributed by atoms with Gasteiger partial charge in [0.15, 0.2) is 0 Å². The Labute approximate surface area is 116 Å². The van der Waals surface area contributed by atoms with Crippen LogP contribution in [0.15, 0.2) is 24.3 Å². The first-order valence-corrected chi connectivity index (χ1v) is 6.30. The number of halogens is 1. The van der Waals surface area contributed by atoms with E-state index in [-0.39, 0.29) is 43.8 Å². The van der Waals surface area contributed by atoms with Crippen LogP contribution in [0, 0.1) is 5.82 Å². The molecule has 0 saturated carbocycles. The molecule has 1 amide bonds. The van der Waals surface area contributed by atoms with E-state index in [0.29, 0.717) is 0 Å². The van der Waals surface area contributed by atoms with Gasteiger partial charge in [-0.05, 0) is 23.6 Å². The second-order valence-corrected chi connectivity index (χ2v) is 4.46. The van der Waals surface area contributed by atoms with E-state index in [1.54, 1.807) is 12.1 Å². The zero-order valence-corrected chi connectivity index (χ0v) is 11.3. The van der Waals surface area contributed by atoms with Crippen LogP contribution in [0.5, 0.6) is 0 Å². The number of benzene rings is 1. The van der Waals surface area contributed by atoms with E-state index in [2.05, 4.69) is 5.32 Å². The van der Waals surface area contributed by atoms with Crippen molar-refractivity contribution in [2.45, 2.75) is 19.3 Å². The predicted octanol–water partition coefficient (Wildman–Crippen LogP) is 1.54. The fourth-order valence-electron chi connectivity index (χ4n) is 1.70. The number of hydrogen-bond acceptors (Lipinski definition) is 3. The molecule has 20 heavy (non-hydrogen) atoms. The van der Waals surface area contributed by atoms with E-state index >= 15 is 0 Å². The van der Waals surface area contributed by atoms with E-state index in [0.717, 1.165) is 5.56 Å². The van der Waals surface area contributed by atoms with Crippen molar-refractivity contribution in [2.24, 2.45) is 0 Å². The summed E-state index contributed by atoms with van der Waals surface area (Å²) in [5.74, 6) is -1.64. The molecule has 2 N–H and O–H groups in total. The minimum Gasteiger partial charge on any atom is -0.480 e. The van der Waals surface area contributed by atoms with E-state index in [1.165, 1.54) is 12.1 Å². The largest absolute Gasteiger partial charge is 0.480 e. The second kappa shape index (κ2) is 8.27. The van der Waals surface area contributed by atoms with E-state index in [1.807, 2.05) is 6.92 Å². The van der Waals surface area contributed by atoms with Gasteiger partial charge in [-0.3, -0.25) is 4.79 Å². The molecule has 0 radical (unpaired) electrons. The number of amides is 1. The fourth-order valence-corrected chi connectivity index (χ4v) is 1.70. The van der Waals surface area contributed by atoms with Crippen molar-refractivity contribution in [3.8, 4) is 0 Å². The summed E-state index contributed by atoms with van der Waals surface area (Å²) in [5.41, 5.74) is 0.766. The highest BCUT2D eigenvalue weighted by Gasteiger charge is 2.11. The predicted molar refractivity (Wildman–Crippen MR) is 70.9 cm³/mol. The molecule has 0 aliphatic rings. The number of carboxylic acids is 1. The van der Waals surface area contributed by atoms with Crippen molar-refractivity contribution in [2.75, 3.05) is 19.8 Å². The second-order valence-electron chi connectivity index (χ2n) is 4.46. The zero-order valence-electron chi connectivity index (χ0n) is 11.3. The average molecular weight is 283 g/mol. The number of carboxylic acid groups (broad SMARTS) is 1. The molecular weight excluding hydrogens is 265 g/mol. The molecule has 0 aromatic heterocycles. The van der Waals surface area contributed by atoms with Crippen LogP contribution in [0.25, 0.3) is 0 Å². The minimum absolute atomic E-state index is 0.0920. The first-order valence-electron chi connectivity index (χ1n) is 6.30. The molecule has 0 heterocycles. The van der Waals surface area contributed by atoms with Gasteiger partial charge in [-0.25, -0.2) is 9.18 Å². The first-order chi connectivity index (χ1) is 9.49. The molecule has 0 bridgehead atoms. The van der Waals surface area contributed by atoms with E-state index < -0.39 is 5.97 Å². The molecule has 0 spiro atoms. The molecule has 1 unspecified atom stereocenters. The Morgan fingerprint density at radius 3 is 2.85 bits per heavy atom. The Hall–Kier alpha value is -1.95. The molecule has 0 aliphatic heterocycles. The average Bonchev–Trinajstić information content (AvgIpc) is 2.37. The lowest BCUT2D eigenvalue weighted by Crippen LogP contribution is -2.28. The van der Waals surface area contributed by atoms with Crippen molar-refractivity contribution >= 4 is 11.9 Å². The summed E-state index contributed by atoms with van der Waals surface area (Å²) < 4.78 is 17.8. The Morgan fingerprint density at radius 1 is 1.45 bits per heavy atom. The maximum absolute atomic E-state index is 13.1. The van der Waals surface area contributed by atoms with Crippen molar-refractivity contribution < 1.29 is 23.8 Å². The first kappa shape index (κ1) is 16.1. The molecule has 1 atom stereocenters. The van der Waals surface area contributed by atoms with Gasteiger partial charge >= 0.3 is 5.97 Å². The normalized spacial score (nSPS) is 11.9. The Bertz CT molecular complexity index is 464. The summed E-state index contributed by atoms with van der Waals surface area (Å²) >= 11 is 0. The fraction of sp³-hybridized carbons (Fsp3) is 0.429. The summed E-state index contributed by atoms with van der Waals surface area (Å²) in [6, 6.07) is 6.15. The molecule has 0 saturated heterocycles. The van der Waals surface area contributed by atoms with Gasteiger partial charge in [-0.1, -0.05) is 19.1 Å². The Kier molecular flexibility index (Phi) is 6.66. The zero-order chi connectivity index (χ0) is 15.0. The summed E-state index contributed by atoms with van der Waals surface area (Å²) in [4.78, 5) is 21.8. The smallest absolute Gasteiger partial charge is 0.329 e. The number of hydrogen-bond donors (Lipinski definition) is 2. The van der Waals surface area contributed by atoms with Crippen LogP contribution in [-0.2, 0) is 14.3 Å². The van der Waals surface area contributed by atoms with Gasteiger partial charge in [-0.2, -0.15) is 0 Å². The maximum Gasteiger partial charge on any atom is 0.329 e. The van der Waals surface area contributed by atoms with Crippen LogP contribution in [0.3, 0.4) is 0 Å². The molecule has 0 aliphatic carbocycles. The molecular formula is C14H18FNO4. The van der Waals surface area contributed by atoms with Gasteiger partial charge in [-0.15, -0.1) is 0 Å². The van der Waals surface area contributed by atoms with Crippen LogP contribution in [0.4, 0.5) is 4.39 Å².